The third-order valence-electron chi connectivity index (χ3n) is 3.51. The van der Waals surface area contributed by atoms with Crippen LogP contribution in [0.1, 0.15) is 40.5 Å². The van der Waals surface area contributed by atoms with Gasteiger partial charge in [-0.2, -0.15) is 11.8 Å². The molecule has 1 aromatic carbocycles. The molecule has 4 nitrogen and oxygen atoms in total. The maximum Gasteiger partial charge on any atom is 0.412 e. The maximum absolute atomic E-state index is 12.0. The van der Waals surface area contributed by atoms with Crippen molar-refractivity contribution in [3.05, 3.63) is 24.3 Å². The molecular weight excluding hydrogens is 296 g/mol. The van der Waals surface area contributed by atoms with Crippen molar-refractivity contribution in [1.29, 1.82) is 0 Å². The van der Waals surface area contributed by atoms with Crippen LogP contribution in [0.3, 0.4) is 0 Å². The second kappa shape index (κ2) is 7.27. The first kappa shape index (κ1) is 17.0. The molecule has 2 unspecified atom stereocenters. The monoisotopic (exact) mass is 322 g/mol. The average Bonchev–Trinajstić information content (AvgIpc) is 2.41. The SMILES string of the molecule is CC1SCCCC1Nc1ccccc1NC(=O)OC(C)(C)C. The molecule has 1 amide bonds. The number of benzene rings is 1. The molecule has 0 aromatic heterocycles. The first-order chi connectivity index (χ1) is 10.3. The van der Waals surface area contributed by atoms with E-state index in [2.05, 4.69) is 17.6 Å². The van der Waals surface area contributed by atoms with E-state index in [4.69, 9.17) is 4.74 Å². The molecule has 0 aliphatic carbocycles. The highest BCUT2D eigenvalue weighted by atomic mass is 32.2. The Balaban J connectivity index is 2.04. The number of anilines is 2. The lowest BCUT2D eigenvalue weighted by atomic mass is 10.1. The van der Waals surface area contributed by atoms with Crippen LogP contribution in [0.4, 0.5) is 16.2 Å². The second-order valence-electron chi connectivity index (χ2n) is 6.64. The Kier molecular flexibility index (Phi) is 5.62. The van der Waals surface area contributed by atoms with Gasteiger partial charge in [-0.05, 0) is 51.5 Å². The Hall–Kier alpha value is -1.36. The molecule has 2 rings (SSSR count). The van der Waals surface area contributed by atoms with E-state index in [1.165, 1.54) is 12.2 Å². The third kappa shape index (κ3) is 5.13. The van der Waals surface area contributed by atoms with E-state index in [1.807, 2.05) is 56.8 Å². The fraction of sp³-hybridized carbons (Fsp3) is 0.588. The average molecular weight is 322 g/mol. The lowest BCUT2D eigenvalue weighted by Crippen LogP contribution is -2.33. The highest BCUT2D eigenvalue weighted by Crippen LogP contribution is 2.30. The van der Waals surface area contributed by atoms with Crippen LogP contribution in [0.5, 0.6) is 0 Å². The summed E-state index contributed by atoms with van der Waals surface area (Å²) in [5.41, 5.74) is 1.22. The molecule has 1 aromatic rings. The van der Waals surface area contributed by atoms with Gasteiger partial charge in [-0.3, -0.25) is 5.32 Å². The van der Waals surface area contributed by atoms with Gasteiger partial charge in [0.2, 0.25) is 0 Å². The molecule has 0 bridgehead atoms. The summed E-state index contributed by atoms with van der Waals surface area (Å²) in [6.07, 6.45) is 1.97. The van der Waals surface area contributed by atoms with E-state index in [-0.39, 0.29) is 0 Å². The Morgan fingerprint density at radius 2 is 1.95 bits per heavy atom. The number of nitrogens with one attached hydrogen (secondary N) is 2. The molecule has 5 heteroatoms. The van der Waals surface area contributed by atoms with Crippen LogP contribution in [-0.4, -0.2) is 28.7 Å². The van der Waals surface area contributed by atoms with Crippen LogP contribution in [-0.2, 0) is 4.74 Å². The molecule has 1 heterocycles. The number of carbonyl (C=O) groups is 1. The van der Waals surface area contributed by atoms with Crippen molar-refractivity contribution in [2.75, 3.05) is 16.4 Å². The summed E-state index contributed by atoms with van der Waals surface area (Å²) in [4.78, 5) is 12.0. The van der Waals surface area contributed by atoms with E-state index >= 15 is 0 Å². The van der Waals surface area contributed by atoms with Gasteiger partial charge in [0.25, 0.3) is 0 Å². The van der Waals surface area contributed by atoms with Crippen molar-refractivity contribution in [3.8, 4) is 0 Å². The van der Waals surface area contributed by atoms with E-state index in [0.717, 1.165) is 17.8 Å². The van der Waals surface area contributed by atoms with E-state index in [1.54, 1.807) is 0 Å². The van der Waals surface area contributed by atoms with Crippen molar-refractivity contribution in [2.24, 2.45) is 0 Å². The van der Waals surface area contributed by atoms with Crippen molar-refractivity contribution in [3.63, 3.8) is 0 Å². The summed E-state index contributed by atoms with van der Waals surface area (Å²) >= 11 is 2.00. The summed E-state index contributed by atoms with van der Waals surface area (Å²) in [6.45, 7) is 7.83. The zero-order valence-corrected chi connectivity index (χ0v) is 14.6. The molecule has 2 N–H and O–H groups in total. The molecule has 0 saturated carbocycles. The van der Waals surface area contributed by atoms with E-state index in [0.29, 0.717) is 11.3 Å². The number of hydrogen-bond acceptors (Lipinski definition) is 4. The molecule has 1 fully saturated rings. The van der Waals surface area contributed by atoms with E-state index < -0.39 is 11.7 Å². The van der Waals surface area contributed by atoms with Gasteiger partial charge in [-0.1, -0.05) is 19.1 Å². The topological polar surface area (TPSA) is 50.4 Å². The Labute approximate surface area is 137 Å². The quantitative estimate of drug-likeness (QED) is 0.844. The minimum atomic E-state index is -0.499. The van der Waals surface area contributed by atoms with Crippen molar-refractivity contribution in [2.45, 2.75) is 57.4 Å². The van der Waals surface area contributed by atoms with Gasteiger partial charge in [0.15, 0.2) is 0 Å². The van der Waals surface area contributed by atoms with Crippen LogP contribution < -0.4 is 10.6 Å². The van der Waals surface area contributed by atoms with Gasteiger partial charge in [-0.25, -0.2) is 4.79 Å². The Morgan fingerprint density at radius 3 is 2.59 bits per heavy atom. The summed E-state index contributed by atoms with van der Waals surface area (Å²) in [5, 5.41) is 6.99. The number of ether oxygens (including phenoxy) is 1. The number of amides is 1. The number of thioether (sulfide) groups is 1. The standard InChI is InChI=1S/C17H26N2O2S/c1-12-13(10-7-11-22-12)18-14-8-5-6-9-15(14)19-16(20)21-17(2,3)4/h5-6,8-9,12-13,18H,7,10-11H2,1-4H3,(H,19,20). The zero-order chi connectivity index (χ0) is 16.2. The second-order valence-corrected chi connectivity index (χ2v) is 8.13. The number of rotatable bonds is 3. The Bertz CT molecular complexity index is 514. The lowest BCUT2D eigenvalue weighted by Gasteiger charge is -2.30. The number of carbonyl (C=O) groups excluding carboxylic acids is 1. The fourth-order valence-electron chi connectivity index (χ4n) is 2.44. The van der Waals surface area contributed by atoms with Crippen LogP contribution in [0.15, 0.2) is 24.3 Å². The molecule has 122 valence electrons. The summed E-state index contributed by atoms with van der Waals surface area (Å²) < 4.78 is 5.33. The first-order valence-electron chi connectivity index (χ1n) is 7.82. The molecule has 0 radical (unpaired) electrons. The zero-order valence-electron chi connectivity index (χ0n) is 13.8. The summed E-state index contributed by atoms with van der Waals surface area (Å²) in [6, 6.07) is 8.21. The van der Waals surface area contributed by atoms with Crippen LogP contribution in [0, 0.1) is 0 Å². The van der Waals surface area contributed by atoms with Crippen molar-refractivity contribution < 1.29 is 9.53 Å². The predicted octanol–water partition coefficient (Wildman–Crippen LogP) is 4.73. The minimum Gasteiger partial charge on any atom is -0.444 e. The largest absolute Gasteiger partial charge is 0.444 e. The molecule has 1 saturated heterocycles. The molecular formula is C17H26N2O2S. The molecule has 2 atom stereocenters. The van der Waals surface area contributed by atoms with Gasteiger partial charge in [0, 0.05) is 11.3 Å². The van der Waals surface area contributed by atoms with Crippen molar-refractivity contribution in [1.82, 2.24) is 0 Å². The first-order valence-corrected chi connectivity index (χ1v) is 8.87. The van der Waals surface area contributed by atoms with Gasteiger partial charge in [0.05, 0.1) is 11.4 Å². The highest BCUT2D eigenvalue weighted by molar-refractivity contribution is 8.00. The number of para-hydroxylation sites is 2. The summed E-state index contributed by atoms with van der Waals surface area (Å²) in [5.74, 6) is 1.23. The highest BCUT2D eigenvalue weighted by Gasteiger charge is 2.23. The molecule has 0 spiro atoms. The molecule has 22 heavy (non-hydrogen) atoms. The Morgan fingerprint density at radius 1 is 1.27 bits per heavy atom. The van der Waals surface area contributed by atoms with Crippen molar-refractivity contribution >= 4 is 29.2 Å². The van der Waals surface area contributed by atoms with Crippen LogP contribution >= 0.6 is 11.8 Å². The van der Waals surface area contributed by atoms with Crippen LogP contribution in [0.2, 0.25) is 0 Å². The third-order valence-corrected chi connectivity index (χ3v) is 4.89. The fourth-order valence-corrected chi connectivity index (χ4v) is 3.59. The smallest absolute Gasteiger partial charge is 0.412 e. The van der Waals surface area contributed by atoms with Gasteiger partial charge >= 0.3 is 6.09 Å². The predicted molar refractivity (Wildman–Crippen MR) is 94.9 cm³/mol. The van der Waals surface area contributed by atoms with Gasteiger partial charge < -0.3 is 10.1 Å². The number of hydrogen-bond donors (Lipinski definition) is 2. The minimum absolute atomic E-state index is 0.423. The maximum atomic E-state index is 12.0. The summed E-state index contributed by atoms with van der Waals surface area (Å²) in [7, 11) is 0. The molecule has 1 aliphatic rings. The van der Waals surface area contributed by atoms with Gasteiger partial charge in [-0.15, -0.1) is 0 Å². The van der Waals surface area contributed by atoms with Gasteiger partial charge in [0.1, 0.15) is 5.60 Å². The normalized spacial score (nSPS) is 22.0. The van der Waals surface area contributed by atoms with Crippen LogP contribution in [0.25, 0.3) is 0 Å². The van der Waals surface area contributed by atoms with E-state index in [9.17, 15) is 4.79 Å². The molecule has 1 aliphatic heterocycles. The lowest BCUT2D eigenvalue weighted by molar-refractivity contribution is 0.0636.